The first-order chi connectivity index (χ1) is 34.3. The fourth-order valence-corrected chi connectivity index (χ4v) is 12.3. The lowest BCUT2D eigenvalue weighted by atomic mass is 9.95. The maximum Gasteiger partial charge on any atom is 0.247 e. The molecular formula is C58H68FN7O4. The van der Waals surface area contributed by atoms with Crippen LogP contribution in [0.15, 0.2) is 133 Å². The first kappa shape index (κ1) is 47.6. The average molecular weight is 946 g/mol. The summed E-state index contributed by atoms with van der Waals surface area (Å²) >= 11 is 0. The third-order valence-electron chi connectivity index (χ3n) is 15.8. The smallest absolute Gasteiger partial charge is 0.247 e. The lowest BCUT2D eigenvalue weighted by Crippen LogP contribution is -2.52. The van der Waals surface area contributed by atoms with Crippen LogP contribution in [0.3, 0.4) is 0 Å². The van der Waals surface area contributed by atoms with Crippen LogP contribution in [0.4, 0.5) is 15.8 Å². The van der Waals surface area contributed by atoms with Gasteiger partial charge in [0.15, 0.2) is 0 Å². The van der Waals surface area contributed by atoms with Crippen molar-refractivity contribution in [2.24, 2.45) is 0 Å². The van der Waals surface area contributed by atoms with E-state index in [0.717, 1.165) is 105 Å². The summed E-state index contributed by atoms with van der Waals surface area (Å²) in [5.74, 6) is -0.532. The van der Waals surface area contributed by atoms with Crippen molar-refractivity contribution in [3.8, 4) is 0 Å². The predicted molar refractivity (Wildman–Crippen MR) is 272 cm³/mol. The number of benzene rings is 4. The van der Waals surface area contributed by atoms with Gasteiger partial charge in [0.25, 0.3) is 0 Å². The molecule has 70 heavy (non-hydrogen) atoms. The van der Waals surface area contributed by atoms with E-state index in [1.165, 1.54) is 25.0 Å². The van der Waals surface area contributed by atoms with Gasteiger partial charge >= 0.3 is 0 Å². The fourth-order valence-electron chi connectivity index (χ4n) is 12.3. The Labute approximate surface area is 412 Å². The SMILES string of the molecule is O=C(Nc1ccc([C@@H]2CC[C@@H](C3=CCC(NC(=O)[C@@H]4CCCN4C(=O)[C@@H](c4ccccc4)N4CCCCC4)C=C3)N2c2ccc(F)cc2)cc1)[C@@H]1CCCN1C(=O)[C@@H](c1ccccc1)N1CCCCC1. The van der Waals surface area contributed by atoms with Crippen molar-refractivity contribution in [3.63, 3.8) is 0 Å². The first-order valence-corrected chi connectivity index (χ1v) is 26.1. The van der Waals surface area contributed by atoms with Crippen molar-refractivity contribution >= 4 is 35.0 Å². The van der Waals surface area contributed by atoms with Crippen molar-refractivity contribution in [1.82, 2.24) is 24.9 Å². The quantitative estimate of drug-likeness (QED) is 0.138. The maximum absolute atomic E-state index is 14.4. The Morgan fingerprint density at radius 1 is 0.543 bits per heavy atom. The largest absolute Gasteiger partial charge is 0.357 e. The molecular weight excluding hydrogens is 878 g/mol. The van der Waals surface area contributed by atoms with Gasteiger partial charge in [0.1, 0.15) is 30.0 Å². The molecule has 366 valence electrons. The van der Waals surface area contributed by atoms with Gasteiger partial charge in [0.05, 0.1) is 18.1 Å². The number of carbonyl (C=O) groups is 4. The molecule has 5 heterocycles. The Balaban J connectivity index is 0.791. The highest BCUT2D eigenvalue weighted by molar-refractivity contribution is 5.98. The van der Waals surface area contributed by atoms with E-state index in [2.05, 4.69) is 55.7 Å². The molecule has 4 amide bonds. The van der Waals surface area contributed by atoms with E-state index in [4.69, 9.17) is 0 Å². The zero-order valence-electron chi connectivity index (χ0n) is 40.3. The summed E-state index contributed by atoms with van der Waals surface area (Å²) in [4.78, 5) is 67.4. The number of nitrogens with zero attached hydrogens (tertiary/aromatic N) is 5. The normalized spacial score (nSPS) is 25.1. The third kappa shape index (κ3) is 10.4. The summed E-state index contributed by atoms with van der Waals surface area (Å²) < 4.78 is 14.3. The van der Waals surface area contributed by atoms with Crippen molar-refractivity contribution < 1.29 is 23.6 Å². The molecule has 1 aliphatic carbocycles. The number of amides is 4. The Morgan fingerprint density at radius 3 is 1.60 bits per heavy atom. The van der Waals surface area contributed by atoms with Gasteiger partial charge in [-0.05, 0) is 155 Å². The molecule has 2 N–H and O–H groups in total. The van der Waals surface area contributed by atoms with Crippen LogP contribution in [-0.2, 0) is 19.2 Å². The van der Waals surface area contributed by atoms with Gasteiger partial charge in [-0.3, -0.25) is 29.0 Å². The minimum Gasteiger partial charge on any atom is -0.357 e. The van der Waals surface area contributed by atoms with Crippen LogP contribution in [0, 0.1) is 5.82 Å². The summed E-state index contributed by atoms with van der Waals surface area (Å²) in [6.45, 7) is 4.64. The van der Waals surface area contributed by atoms with Gasteiger partial charge < -0.3 is 25.3 Å². The molecule has 0 spiro atoms. The molecule has 10 rings (SSSR count). The lowest BCUT2D eigenvalue weighted by Gasteiger charge is -2.37. The summed E-state index contributed by atoms with van der Waals surface area (Å²) in [7, 11) is 0. The minimum absolute atomic E-state index is 0.00451. The van der Waals surface area contributed by atoms with Crippen molar-refractivity contribution in [2.75, 3.05) is 49.5 Å². The second kappa shape index (κ2) is 21.9. The zero-order chi connectivity index (χ0) is 48.0. The molecule has 11 nitrogen and oxygen atoms in total. The van der Waals surface area contributed by atoms with E-state index in [1.54, 1.807) is 0 Å². The van der Waals surface area contributed by atoms with Crippen molar-refractivity contribution in [1.29, 1.82) is 0 Å². The molecule has 4 aromatic rings. The van der Waals surface area contributed by atoms with Crippen LogP contribution in [0.1, 0.15) is 118 Å². The molecule has 1 unspecified atom stereocenters. The number of rotatable bonds is 13. The molecule has 0 saturated carbocycles. The summed E-state index contributed by atoms with van der Waals surface area (Å²) in [6.07, 6.45) is 18.3. The molecule has 0 radical (unpaired) electrons. The highest BCUT2D eigenvalue weighted by Crippen LogP contribution is 2.44. The Hall–Kier alpha value is -6.11. The summed E-state index contributed by atoms with van der Waals surface area (Å²) in [6, 6.07) is 32.8. The number of anilines is 2. The van der Waals surface area contributed by atoms with E-state index >= 15 is 0 Å². The standard InChI is InChI=1S/C58H68FN7O4/c59-45-25-31-48(32-26-45)66-49(41-21-27-46(28-22-41)60-55(67)51-19-13-39-64(51)57(69)53(43-15-5-1-6-16-43)62-35-9-3-10-36-62)33-34-50(66)42-23-29-47(30-24-42)61-56(68)52-20-14-40-65(52)58(70)54(44-17-7-2-8-18-44)63-37-11-4-12-38-63/h1-2,5-8,15-18,21-29,31-32,47,49-54H,3-4,9-14,19-20,30,33-40H2,(H,60,67)(H,61,68)/t47?,49-,50-,51-,52-,53+,54+/m0/s1. The molecule has 5 saturated heterocycles. The van der Waals surface area contributed by atoms with E-state index in [9.17, 15) is 23.6 Å². The van der Waals surface area contributed by atoms with E-state index in [0.29, 0.717) is 38.0 Å². The summed E-state index contributed by atoms with van der Waals surface area (Å²) in [5, 5.41) is 6.44. The van der Waals surface area contributed by atoms with Gasteiger partial charge in [0.2, 0.25) is 23.6 Å². The average Bonchev–Trinajstić information content (AvgIpc) is 4.21. The molecule has 5 aliphatic heterocycles. The van der Waals surface area contributed by atoms with Crippen LogP contribution in [0.2, 0.25) is 0 Å². The molecule has 12 heteroatoms. The fraction of sp³-hybridized carbons (Fsp3) is 0.448. The second-order valence-electron chi connectivity index (χ2n) is 20.2. The van der Waals surface area contributed by atoms with E-state index in [1.807, 2.05) is 94.7 Å². The van der Waals surface area contributed by atoms with Gasteiger partial charge in [-0.15, -0.1) is 0 Å². The van der Waals surface area contributed by atoms with Crippen LogP contribution >= 0.6 is 0 Å². The number of piperidine rings is 2. The zero-order valence-corrected chi connectivity index (χ0v) is 40.3. The monoisotopic (exact) mass is 946 g/mol. The molecule has 7 atom stereocenters. The van der Waals surface area contributed by atoms with Crippen molar-refractivity contribution in [2.45, 2.75) is 126 Å². The number of halogens is 1. The van der Waals surface area contributed by atoms with Crippen LogP contribution in [0.25, 0.3) is 0 Å². The van der Waals surface area contributed by atoms with Gasteiger partial charge in [-0.1, -0.05) is 104 Å². The number of nitrogens with one attached hydrogen (secondary N) is 2. The highest BCUT2D eigenvalue weighted by Gasteiger charge is 2.43. The molecule has 6 aliphatic rings. The van der Waals surface area contributed by atoms with Gasteiger partial charge in [0, 0.05) is 24.5 Å². The molecule has 4 aromatic carbocycles. The first-order valence-electron chi connectivity index (χ1n) is 26.1. The molecule has 5 fully saturated rings. The third-order valence-corrected chi connectivity index (χ3v) is 15.8. The van der Waals surface area contributed by atoms with Crippen LogP contribution in [0.5, 0.6) is 0 Å². The Bertz CT molecular complexity index is 2510. The second-order valence-corrected chi connectivity index (χ2v) is 20.2. The van der Waals surface area contributed by atoms with E-state index in [-0.39, 0.29) is 53.6 Å². The van der Waals surface area contributed by atoms with Crippen LogP contribution < -0.4 is 15.5 Å². The number of likely N-dealkylation sites (tertiary alicyclic amines) is 4. The lowest BCUT2D eigenvalue weighted by molar-refractivity contribution is -0.143. The Morgan fingerprint density at radius 2 is 1.07 bits per heavy atom. The van der Waals surface area contributed by atoms with Crippen LogP contribution in [-0.4, -0.2) is 107 Å². The van der Waals surface area contributed by atoms with E-state index < -0.39 is 18.1 Å². The predicted octanol–water partition coefficient (Wildman–Crippen LogP) is 9.28. The number of carbonyl (C=O) groups excluding carboxylic acids is 4. The summed E-state index contributed by atoms with van der Waals surface area (Å²) in [5.41, 5.74) is 5.80. The number of hydrogen-bond donors (Lipinski definition) is 2. The van der Waals surface area contributed by atoms with Crippen molar-refractivity contribution in [3.05, 3.63) is 156 Å². The minimum atomic E-state index is -0.541. The molecule has 0 aromatic heterocycles. The Kier molecular flexibility index (Phi) is 14.9. The highest BCUT2D eigenvalue weighted by atomic mass is 19.1. The number of hydrogen-bond acceptors (Lipinski definition) is 7. The topological polar surface area (TPSA) is 109 Å². The van der Waals surface area contributed by atoms with Gasteiger partial charge in [-0.2, -0.15) is 0 Å². The molecule has 0 bridgehead atoms. The van der Waals surface area contributed by atoms with Gasteiger partial charge in [-0.25, -0.2) is 4.39 Å². The maximum atomic E-state index is 14.4.